The van der Waals surface area contributed by atoms with Crippen LogP contribution in [0.1, 0.15) is 27.7 Å². The van der Waals surface area contributed by atoms with E-state index in [1.54, 1.807) is 52.0 Å². The highest BCUT2D eigenvalue weighted by molar-refractivity contribution is 7.89. The van der Waals surface area contributed by atoms with Crippen LogP contribution in [0.5, 0.6) is 0 Å². The van der Waals surface area contributed by atoms with E-state index in [1.807, 2.05) is 18.2 Å². The first-order valence-electron chi connectivity index (χ1n) is 8.33. The normalized spacial score (nSPS) is 13.1. The van der Waals surface area contributed by atoms with Crippen LogP contribution in [0.3, 0.4) is 0 Å². The van der Waals surface area contributed by atoms with Crippen molar-refractivity contribution in [3.63, 3.8) is 0 Å². The van der Waals surface area contributed by atoms with E-state index in [9.17, 15) is 13.2 Å². The third-order valence-electron chi connectivity index (χ3n) is 3.40. The maximum absolute atomic E-state index is 12.4. The fourth-order valence-electron chi connectivity index (χ4n) is 2.30. The highest BCUT2D eigenvalue weighted by atomic mass is 32.2. The number of hydrogen-bond donors (Lipinski definition) is 3. The fraction of sp³-hybridized carbons (Fsp3) is 0.316. The molecule has 0 saturated heterocycles. The average Bonchev–Trinajstić information content (AvgIpc) is 2.54. The van der Waals surface area contributed by atoms with Crippen LogP contribution in [0, 0.1) is 0 Å². The Hall–Kier alpha value is -2.38. The third-order valence-corrected chi connectivity index (χ3v) is 5.16. The Labute approximate surface area is 155 Å². The summed E-state index contributed by atoms with van der Waals surface area (Å²) in [6.07, 6.45) is 0. The Kier molecular flexibility index (Phi) is 6.05. The Bertz CT molecular complexity index is 859. The van der Waals surface area contributed by atoms with E-state index in [2.05, 4.69) is 15.4 Å². The zero-order valence-electron chi connectivity index (χ0n) is 15.4. The van der Waals surface area contributed by atoms with Gasteiger partial charge in [-0.3, -0.25) is 4.79 Å². The molecule has 2 aromatic carbocycles. The zero-order valence-corrected chi connectivity index (χ0v) is 16.2. The van der Waals surface area contributed by atoms with Crippen LogP contribution in [-0.4, -0.2) is 25.9 Å². The van der Waals surface area contributed by atoms with Crippen molar-refractivity contribution in [3.05, 3.63) is 54.6 Å². The molecule has 2 aromatic rings. The van der Waals surface area contributed by atoms with E-state index < -0.39 is 21.6 Å². The molecule has 0 fully saturated rings. The molecular weight excluding hydrogens is 350 g/mol. The highest BCUT2D eigenvalue weighted by Crippen LogP contribution is 2.18. The van der Waals surface area contributed by atoms with Crippen LogP contribution in [-0.2, 0) is 14.8 Å². The second-order valence-electron chi connectivity index (χ2n) is 7.10. The van der Waals surface area contributed by atoms with Gasteiger partial charge in [-0.15, -0.1) is 0 Å². The van der Waals surface area contributed by atoms with Crippen molar-refractivity contribution in [3.8, 4) is 0 Å². The minimum absolute atomic E-state index is 0.146. The molecule has 0 aliphatic heterocycles. The number of carbonyl (C=O) groups is 1. The van der Waals surface area contributed by atoms with Gasteiger partial charge in [0.1, 0.15) is 6.04 Å². The zero-order chi connectivity index (χ0) is 19.4. The maximum atomic E-state index is 12.4. The highest BCUT2D eigenvalue weighted by Gasteiger charge is 2.22. The molecule has 0 saturated carbocycles. The first-order chi connectivity index (χ1) is 12.1. The second kappa shape index (κ2) is 7.88. The maximum Gasteiger partial charge on any atom is 0.246 e. The van der Waals surface area contributed by atoms with Crippen LogP contribution in [0.2, 0.25) is 0 Å². The molecule has 26 heavy (non-hydrogen) atoms. The van der Waals surface area contributed by atoms with Crippen molar-refractivity contribution in [2.24, 2.45) is 0 Å². The van der Waals surface area contributed by atoms with Gasteiger partial charge in [-0.25, -0.2) is 13.1 Å². The minimum atomic E-state index is -3.64. The van der Waals surface area contributed by atoms with Crippen LogP contribution < -0.4 is 15.4 Å². The molecule has 1 amide bonds. The Morgan fingerprint density at radius 1 is 0.962 bits per heavy atom. The van der Waals surface area contributed by atoms with E-state index in [0.29, 0.717) is 11.4 Å². The van der Waals surface area contributed by atoms with Gasteiger partial charge < -0.3 is 10.6 Å². The molecule has 1 atom stereocenters. The molecule has 140 valence electrons. The first-order valence-corrected chi connectivity index (χ1v) is 9.82. The summed E-state index contributed by atoms with van der Waals surface area (Å²) < 4.78 is 27.5. The Balaban J connectivity index is 2.09. The number of rotatable bonds is 6. The number of benzene rings is 2. The SMILES string of the molecule is CC(Nc1cccc(S(=O)(=O)NC(C)(C)C)c1)C(=O)Nc1ccccc1. The molecule has 2 rings (SSSR count). The molecule has 0 aliphatic rings. The van der Waals surface area contributed by atoms with Gasteiger partial charge in [0.15, 0.2) is 0 Å². The Morgan fingerprint density at radius 3 is 2.19 bits per heavy atom. The average molecular weight is 375 g/mol. The number of nitrogens with one attached hydrogen (secondary N) is 3. The molecule has 0 spiro atoms. The largest absolute Gasteiger partial charge is 0.374 e. The third kappa shape index (κ3) is 5.86. The quantitative estimate of drug-likeness (QED) is 0.723. The van der Waals surface area contributed by atoms with Gasteiger partial charge in [-0.05, 0) is 58.0 Å². The lowest BCUT2D eigenvalue weighted by Gasteiger charge is -2.21. The number of para-hydroxylation sites is 1. The van der Waals surface area contributed by atoms with Crippen molar-refractivity contribution in [1.29, 1.82) is 0 Å². The standard InChI is InChI=1S/C19H25N3O3S/c1-14(18(23)21-15-9-6-5-7-10-15)20-16-11-8-12-17(13-16)26(24,25)22-19(2,3)4/h5-14,20,22H,1-4H3,(H,21,23). The van der Waals surface area contributed by atoms with Gasteiger partial charge in [0.25, 0.3) is 0 Å². The molecule has 7 heteroatoms. The molecule has 0 aliphatic carbocycles. The Morgan fingerprint density at radius 2 is 1.58 bits per heavy atom. The number of sulfonamides is 1. The van der Waals surface area contributed by atoms with Gasteiger partial charge in [-0.1, -0.05) is 24.3 Å². The predicted octanol–water partition coefficient (Wildman–Crippen LogP) is 3.20. The molecule has 1 unspecified atom stereocenters. The number of hydrogen-bond acceptors (Lipinski definition) is 4. The number of amides is 1. The summed E-state index contributed by atoms with van der Waals surface area (Å²) in [6.45, 7) is 7.06. The van der Waals surface area contributed by atoms with E-state index in [4.69, 9.17) is 0 Å². The minimum Gasteiger partial charge on any atom is -0.374 e. The van der Waals surface area contributed by atoms with Crippen LogP contribution in [0.25, 0.3) is 0 Å². The van der Waals surface area contributed by atoms with Crippen LogP contribution >= 0.6 is 0 Å². The molecular formula is C19H25N3O3S. The van der Waals surface area contributed by atoms with Gasteiger partial charge in [0, 0.05) is 16.9 Å². The van der Waals surface area contributed by atoms with Crippen LogP contribution in [0.4, 0.5) is 11.4 Å². The van der Waals surface area contributed by atoms with Crippen molar-refractivity contribution in [2.45, 2.75) is 44.2 Å². The van der Waals surface area contributed by atoms with Gasteiger partial charge in [0.2, 0.25) is 15.9 Å². The summed E-state index contributed by atoms with van der Waals surface area (Å²) in [5.41, 5.74) is 0.680. The van der Waals surface area contributed by atoms with E-state index in [1.165, 1.54) is 12.1 Å². The number of carbonyl (C=O) groups excluding carboxylic acids is 1. The smallest absolute Gasteiger partial charge is 0.246 e. The first kappa shape index (κ1) is 19.9. The lowest BCUT2D eigenvalue weighted by molar-refractivity contribution is -0.116. The van der Waals surface area contributed by atoms with E-state index in [0.717, 1.165) is 0 Å². The second-order valence-corrected chi connectivity index (χ2v) is 8.79. The molecule has 0 heterocycles. The topological polar surface area (TPSA) is 87.3 Å². The van der Waals surface area contributed by atoms with E-state index >= 15 is 0 Å². The van der Waals surface area contributed by atoms with Gasteiger partial charge in [-0.2, -0.15) is 0 Å². The van der Waals surface area contributed by atoms with Crippen molar-refractivity contribution < 1.29 is 13.2 Å². The van der Waals surface area contributed by atoms with Crippen molar-refractivity contribution >= 4 is 27.3 Å². The number of anilines is 2. The molecule has 0 aromatic heterocycles. The molecule has 0 bridgehead atoms. The summed E-state index contributed by atoms with van der Waals surface area (Å²) >= 11 is 0. The summed E-state index contributed by atoms with van der Waals surface area (Å²) in [6, 6.07) is 15.0. The summed E-state index contributed by atoms with van der Waals surface area (Å²) in [5.74, 6) is -0.211. The molecule has 0 radical (unpaired) electrons. The monoisotopic (exact) mass is 375 g/mol. The summed E-state index contributed by atoms with van der Waals surface area (Å²) in [5, 5.41) is 5.84. The van der Waals surface area contributed by atoms with Crippen molar-refractivity contribution in [1.82, 2.24) is 4.72 Å². The lowest BCUT2D eigenvalue weighted by atomic mass is 10.1. The summed E-state index contributed by atoms with van der Waals surface area (Å²) in [7, 11) is -3.64. The van der Waals surface area contributed by atoms with E-state index in [-0.39, 0.29) is 10.8 Å². The van der Waals surface area contributed by atoms with Gasteiger partial charge >= 0.3 is 0 Å². The van der Waals surface area contributed by atoms with Gasteiger partial charge in [0.05, 0.1) is 4.90 Å². The molecule has 3 N–H and O–H groups in total. The van der Waals surface area contributed by atoms with Crippen molar-refractivity contribution in [2.75, 3.05) is 10.6 Å². The predicted molar refractivity (Wildman–Crippen MR) is 105 cm³/mol. The molecule has 6 nitrogen and oxygen atoms in total. The summed E-state index contributed by atoms with van der Waals surface area (Å²) in [4.78, 5) is 12.4. The van der Waals surface area contributed by atoms with Crippen LogP contribution in [0.15, 0.2) is 59.5 Å². The fourth-order valence-corrected chi connectivity index (χ4v) is 3.77. The lowest BCUT2D eigenvalue weighted by Crippen LogP contribution is -2.40.